The van der Waals surface area contributed by atoms with Gasteiger partial charge in [0.1, 0.15) is 0 Å². The smallest absolute Gasteiger partial charge is 0.308 e. The van der Waals surface area contributed by atoms with Gasteiger partial charge in [-0.2, -0.15) is 0 Å². The fourth-order valence-electron chi connectivity index (χ4n) is 1.39. The van der Waals surface area contributed by atoms with Crippen LogP contribution in [0, 0.1) is 5.92 Å². The second kappa shape index (κ2) is 6.62. The van der Waals surface area contributed by atoms with E-state index in [-0.39, 0.29) is 18.9 Å². The van der Waals surface area contributed by atoms with Crippen molar-refractivity contribution in [1.82, 2.24) is 10.3 Å². The van der Waals surface area contributed by atoms with Crippen molar-refractivity contribution in [3.8, 4) is 0 Å². The fourth-order valence-corrected chi connectivity index (χ4v) is 1.39. The number of hydrogen-bond acceptors (Lipinski definition) is 3. The largest absolute Gasteiger partial charge is 0.481 e. The van der Waals surface area contributed by atoms with E-state index in [1.165, 1.54) is 0 Å². The molecule has 1 heterocycles. The second-order valence-corrected chi connectivity index (χ2v) is 3.78. The molecule has 1 atom stereocenters. The zero-order valence-corrected chi connectivity index (χ0v) is 9.72. The van der Waals surface area contributed by atoms with Crippen LogP contribution in [0.15, 0.2) is 24.5 Å². The summed E-state index contributed by atoms with van der Waals surface area (Å²) in [5.41, 5.74) is 0.862. The van der Waals surface area contributed by atoms with Gasteiger partial charge in [-0.1, -0.05) is 6.92 Å². The topological polar surface area (TPSA) is 79.3 Å². The molecule has 0 radical (unpaired) electrons. The molecule has 0 aliphatic rings. The SMILES string of the molecule is CCC(CNC(=O)Cc1ccncc1)C(=O)O. The summed E-state index contributed by atoms with van der Waals surface area (Å²) in [6.45, 7) is 1.96. The quantitative estimate of drug-likeness (QED) is 0.767. The predicted molar refractivity (Wildman–Crippen MR) is 62.4 cm³/mol. The van der Waals surface area contributed by atoms with Crippen LogP contribution in [0.4, 0.5) is 0 Å². The Hall–Kier alpha value is -1.91. The molecule has 1 aromatic heterocycles. The molecule has 0 saturated heterocycles. The van der Waals surface area contributed by atoms with E-state index in [0.717, 1.165) is 5.56 Å². The molecule has 0 aliphatic heterocycles. The highest BCUT2D eigenvalue weighted by Crippen LogP contribution is 2.01. The first-order valence-corrected chi connectivity index (χ1v) is 5.52. The van der Waals surface area contributed by atoms with Gasteiger partial charge >= 0.3 is 5.97 Å². The Morgan fingerprint density at radius 1 is 1.41 bits per heavy atom. The lowest BCUT2D eigenvalue weighted by Gasteiger charge is -2.10. The molecule has 5 nitrogen and oxygen atoms in total. The molecule has 0 spiro atoms. The van der Waals surface area contributed by atoms with Gasteiger partial charge in [0.15, 0.2) is 0 Å². The number of aliphatic carboxylic acids is 1. The molecule has 92 valence electrons. The van der Waals surface area contributed by atoms with Gasteiger partial charge in [-0.15, -0.1) is 0 Å². The van der Waals surface area contributed by atoms with Crippen LogP contribution in [0.1, 0.15) is 18.9 Å². The first-order valence-electron chi connectivity index (χ1n) is 5.52. The summed E-state index contributed by atoms with van der Waals surface area (Å²) in [7, 11) is 0. The second-order valence-electron chi connectivity index (χ2n) is 3.78. The molecule has 0 aromatic carbocycles. The minimum absolute atomic E-state index is 0.170. The third kappa shape index (κ3) is 4.63. The number of carbonyl (C=O) groups excluding carboxylic acids is 1. The number of carboxylic acids is 1. The summed E-state index contributed by atoms with van der Waals surface area (Å²) in [4.78, 5) is 26.1. The van der Waals surface area contributed by atoms with Crippen molar-refractivity contribution < 1.29 is 14.7 Å². The number of carboxylic acid groups (broad SMARTS) is 1. The number of amides is 1. The van der Waals surface area contributed by atoms with Crippen molar-refractivity contribution in [1.29, 1.82) is 0 Å². The van der Waals surface area contributed by atoms with E-state index in [9.17, 15) is 9.59 Å². The van der Waals surface area contributed by atoms with Crippen molar-refractivity contribution in [2.75, 3.05) is 6.54 Å². The molecule has 0 fully saturated rings. The number of aromatic nitrogens is 1. The third-order valence-electron chi connectivity index (χ3n) is 2.50. The first-order chi connectivity index (χ1) is 8.13. The predicted octanol–water partition coefficient (Wildman–Crippen LogP) is 0.851. The Labute approximate surface area is 99.9 Å². The van der Waals surface area contributed by atoms with E-state index < -0.39 is 11.9 Å². The Bertz CT molecular complexity index is 379. The standard InChI is InChI=1S/C12H16N2O3/c1-2-10(12(16)17)8-14-11(15)7-9-3-5-13-6-4-9/h3-6,10H,2,7-8H2,1H3,(H,14,15)(H,16,17). The van der Waals surface area contributed by atoms with Crippen LogP contribution >= 0.6 is 0 Å². The molecule has 1 aromatic rings. The highest BCUT2D eigenvalue weighted by atomic mass is 16.4. The number of carbonyl (C=O) groups is 2. The third-order valence-corrected chi connectivity index (χ3v) is 2.50. The molecular formula is C12H16N2O3. The number of nitrogens with one attached hydrogen (secondary N) is 1. The summed E-state index contributed by atoms with van der Waals surface area (Å²) >= 11 is 0. The minimum atomic E-state index is -0.878. The summed E-state index contributed by atoms with van der Waals surface area (Å²) in [5.74, 6) is -1.57. The van der Waals surface area contributed by atoms with E-state index in [2.05, 4.69) is 10.3 Å². The number of hydrogen-bond donors (Lipinski definition) is 2. The van der Waals surface area contributed by atoms with Crippen LogP contribution in [0.25, 0.3) is 0 Å². The number of nitrogens with zero attached hydrogens (tertiary/aromatic N) is 1. The van der Waals surface area contributed by atoms with Gasteiger partial charge in [-0.3, -0.25) is 14.6 Å². The molecule has 1 rings (SSSR count). The van der Waals surface area contributed by atoms with E-state index in [1.807, 2.05) is 0 Å². The van der Waals surface area contributed by atoms with Gasteiger partial charge in [0.2, 0.25) is 5.91 Å². The molecular weight excluding hydrogens is 220 g/mol. The van der Waals surface area contributed by atoms with E-state index in [1.54, 1.807) is 31.5 Å². The van der Waals surface area contributed by atoms with Crippen LogP contribution in [0.2, 0.25) is 0 Å². The minimum Gasteiger partial charge on any atom is -0.481 e. The Kier molecular flexibility index (Phi) is 5.13. The van der Waals surface area contributed by atoms with E-state index in [0.29, 0.717) is 6.42 Å². The highest BCUT2D eigenvalue weighted by molar-refractivity contribution is 5.79. The molecule has 1 unspecified atom stereocenters. The molecule has 17 heavy (non-hydrogen) atoms. The molecule has 2 N–H and O–H groups in total. The molecule has 1 amide bonds. The average molecular weight is 236 g/mol. The molecule has 0 aliphatic carbocycles. The van der Waals surface area contributed by atoms with Crippen LogP contribution in [0.5, 0.6) is 0 Å². The molecule has 5 heteroatoms. The van der Waals surface area contributed by atoms with Crippen molar-refractivity contribution in [2.24, 2.45) is 5.92 Å². The maximum Gasteiger partial charge on any atom is 0.308 e. The maximum absolute atomic E-state index is 11.5. The van der Waals surface area contributed by atoms with Crippen molar-refractivity contribution in [2.45, 2.75) is 19.8 Å². The lowest BCUT2D eigenvalue weighted by atomic mass is 10.1. The fraction of sp³-hybridized carbons (Fsp3) is 0.417. The van der Waals surface area contributed by atoms with Gasteiger partial charge < -0.3 is 10.4 Å². The summed E-state index contributed by atoms with van der Waals surface area (Å²) < 4.78 is 0. The van der Waals surface area contributed by atoms with Crippen LogP contribution in [-0.2, 0) is 16.0 Å². The normalized spacial score (nSPS) is 11.8. The van der Waals surface area contributed by atoms with Gasteiger partial charge in [-0.25, -0.2) is 0 Å². The highest BCUT2D eigenvalue weighted by Gasteiger charge is 2.15. The van der Waals surface area contributed by atoms with E-state index in [4.69, 9.17) is 5.11 Å². The monoisotopic (exact) mass is 236 g/mol. The van der Waals surface area contributed by atoms with Crippen molar-refractivity contribution in [3.63, 3.8) is 0 Å². The summed E-state index contributed by atoms with van der Waals surface area (Å²) in [6.07, 6.45) is 3.99. The number of rotatable bonds is 6. The van der Waals surface area contributed by atoms with Crippen LogP contribution in [0.3, 0.4) is 0 Å². The molecule has 0 bridgehead atoms. The van der Waals surface area contributed by atoms with Gasteiger partial charge in [-0.05, 0) is 24.1 Å². The van der Waals surface area contributed by atoms with Gasteiger partial charge in [0, 0.05) is 18.9 Å². The maximum atomic E-state index is 11.5. The first kappa shape index (κ1) is 13.2. The zero-order chi connectivity index (χ0) is 12.7. The van der Waals surface area contributed by atoms with E-state index >= 15 is 0 Å². The Morgan fingerprint density at radius 3 is 2.59 bits per heavy atom. The Morgan fingerprint density at radius 2 is 2.06 bits per heavy atom. The van der Waals surface area contributed by atoms with Gasteiger partial charge in [0.25, 0.3) is 0 Å². The van der Waals surface area contributed by atoms with Crippen molar-refractivity contribution in [3.05, 3.63) is 30.1 Å². The number of pyridine rings is 1. The molecule has 0 saturated carbocycles. The summed E-state index contributed by atoms with van der Waals surface area (Å²) in [5, 5.41) is 11.4. The lowest BCUT2D eigenvalue weighted by Crippen LogP contribution is -2.33. The van der Waals surface area contributed by atoms with Crippen LogP contribution < -0.4 is 5.32 Å². The lowest BCUT2D eigenvalue weighted by molar-refractivity contribution is -0.141. The average Bonchev–Trinajstić information content (AvgIpc) is 2.30. The van der Waals surface area contributed by atoms with Crippen molar-refractivity contribution >= 4 is 11.9 Å². The summed E-state index contributed by atoms with van der Waals surface area (Å²) in [6, 6.07) is 3.52. The Balaban J connectivity index is 2.38. The van der Waals surface area contributed by atoms with Crippen LogP contribution in [-0.4, -0.2) is 28.5 Å². The van der Waals surface area contributed by atoms with Gasteiger partial charge in [0.05, 0.1) is 12.3 Å². The zero-order valence-electron chi connectivity index (χ0n) is 9.72.